The molecule has 0 aliphatic carbocycles. The number of ether oxygens (including phenoxy) is 1. The second kappa shape index (κ2) is 7.42. The number of piperidine rings is 1. The summed E-state index contributed by atoms with van der Waals surface area (Å²) in [5.74, 6) is 0.972. The summed E-state index contributed by atoms with van der Waals surface area (Å²) < 4.78 is 11.0. The van der Waals surface area contributed by atoms with Gasteiger partial charge >= 0.3 is 0 Å². The summed E-state index contributed by atoms with van der Waals surface area (Å²) in [5.41, 5.74) is 2.20. The molecule has 118 valence electrons. The lowest BCUT2D eigenvalue weighted by molar-refractivity contribution is 0.162. The van der Waals surface area contributed by atoms with E-state index in [9.17, 15) is 0 Å². The minimum absolute atomic E-state index is 0.337. The number of aromatic nitrogens is 1. The molecule has 2 heterocycles. The number of rotatable bonds is 6. The lowest BCUT2D eigenvalue weighted by Gasteiger charge is -2.24. The van der Waals surface area contributed by atoms with E-state index in [1.54, 1.807) is 6.26 Å². The molecule has 2 aromatic rings. The average Bonchev–Trinajstić information content (AvgIpc) is 3.01. The predicted octanol–water partition coefficient (Wildman–Crippen LogP) is 2.44. The Hall–Kier alpha value is -1.85. The Labute approximate surface area is 131 Å². The van der Waals surface area contributed by atoms with Gasteiger partial charge in [-0.05, 0) is 50.7 Å². The highest BCUT2D eigenvalue weighted by Gasteiger charge is 2.14. The van der Waals surface area contributed by atoms with Gasteiger partial charge in [0.2, 0.25) is 0 Å². The number of nitrogens with one attached hydrogen (secondary N) is 1. The van der Waals surface area contributed by atoms with Crippen LogP contribution in [0.4, 0.5) is 0 Å². The second-order valence-corrected chi connectivity index (χ2v) is 5.88. The van der Waals surface area contributed by atoms with E-state index in [-0.39, 0.29) is 0 Å². The zero-order valence-corrected chi connectivity index (χ0v) is 13.0. The summed E-state index contributed by atoms with van der Waals surface area (Å²) in [7, 11) is 2.08. The van der Waals surface area contributed by atoms with Crippen molar-refractivity contribution in [1.29, 1.82) is 0 Å². The molecule has 0 spiro atoms. The van der Waals surface area contributed by atoms with Crippen molar-refractivity contribution in [2.75, 3.05) is 20.1 Å². The Morgan fingerprint density at radius 1 is 1.27 bits per heavy atom. The standard InChI is InChI=1S/C17H23N3O2/c1-20(13-15-7-10-21-19-15)12-14-3-2-4-17(11-14)22-16-5-8-18-9-6-16/h2-4,7,10-11,16,18H,5-6,8-9,12-13H2,1H3. The smallest absolute Gasteiger partial charge is 0.124 e. The Kier molecular flexibility index (Phi) is 5.08. The maximum atomic E-state index is 6.10. The molecule has 5 nitrogen and oxygen atoms in total. The van der Waals surface area contributed by atoms with Gasteiger partial charge in [0, 0.05) is 19.2 Å². The summed E-state index contributed by atoms with van der Waals surface area (Å²) in [6.07, 6.45) is 4.10. The molecule has 1 aliphatic heterocycles. The van der Waals surface area contributed by atoms with Gasteiger partial charge in [0.1, 0.15) is 18.1 Å². The van der Waals surface area contributed by atoms with Gasteiger partial charge < -0.3 is 14.6 Å². The molecule has 0 amide bonds. The Morgan fingerprint density at radius 3 is 2.91 bits per heavy atom. The van der Waals surface area contributed by atoms with Gasteiger partial charge in [-0.2, -0.15) is 0 Å². The molecule has 1 aromatic carbocycles. The van der Waals surface area contributed by atoms with Crippen molar-refractivity contribution in [3.05, 3.63) is 47.9 Å². The van der Waals surface area contributed by atoms with Crippen LogP contribution >= 0.6 is 0 Å². The minimum atomic E-state index is 0.337. The van der Waals surface area contributed by atoms with Crippen LogP contribution in [-0.2, 0) is 13.1 Å². The van der Waals surface area contributed by atoms with Crippen LogP contribution in [0.25, 0.3) is 0 Å². The average molecular weight is 301 g/mol. The first-order valence-corrected chi connectivity index (χ1v) is 7.84. The van der Waals surface area contributed by atoms with Crippen LogP contribution < -0.4 is 10.1 Å². The van der Waals surface area contributed by atoms with Crippen LogP contribution in [0.1, 0.15) is 24.1 Å². The maximum absolute atomic E-state index is 6.10. The molecule has 1 aromatic heterocycles. The number of hydrogen-bond acceptors (Lipinski definition) is 5. The molecule has 0 atom stereocenters. The molecule has 0 bridgehead atoms. The first-order valence-electron chi connectivity index (χ1n) is 7.84. The van der Waals surface area contributed by atoms with Crippen LogP contribution in [-0.4, -0.2) is 36.3 Å². The van der Waals surface area contributed by atoms with Gasteiger partial charge in [0.15, 0.2) is 0 Å². The first-order chi connectivity index (χ1) is 10.8. The lowest BCUT2D eigenvalue weighted by atomic mass is 10.1. The molecular formula is C17H23N3O2. The molecule has 1 aliphatic rings. The zero-order valence-electron chi connectivity index (χ0n) is 13.0. The summed E-state index contributed by atoms with van der Waals surface area (Å²) in [6.45, 7) is 3.72. The van der Waals surface area contributed by atoms with E-state index in [2.05, 4.69) is 40.6 Å². The largest absolute Gasteiger partial charge is 0.490 e. The van der Waals surface area contributed by atoms with E-state index in [0.717, 1.165) is 50.5 Å². The first kappa shape index (κ1) is 15.1. The van der Waals surface area contributed by atoms with E-state index in [0.29, 0.717) is 6.10 Å². The van der Waals surface area contributed by atoms with Crippen LogP contribution in [0.15, 0.2) is 41.1 Å². The van der Waals surface area contributed by atoms with Gasteiger partial charge in [-0.1, -0.05) is 17.3 Å². The SMILES string of the molecule is CN(Cc1cccc(OC2CCNCC2)c1)Cc1ccon1. The molecule has 0 unspecified atom stereocenters. The third-order valence-corrected chi connectivity index (χ3v) is 3.86. The lowest BCUT2D eigenvalue weighted by Crippen LogP contribution is -2.34. The second-order valence-electron chi connectivity index (χ2n) is 5.88. The number of hydrogen-bond donors (Lipinski definition) is 1. The fraction of sp³-hybridized carbons (Fsp3) is 0.471. The quantitative estimate of drug-likeness (QED) is 0.888. The molecule has 1 fully saturated rings. The van der Waals surface area contributed by atoms with E-state index in [1.807, 2.05) is 12.1 Å². The van der Waals surface area contributed by atoms with Crippen molar-refractivity contribution < 1.29 is 9.26 Å². The van der Waals surface area contributed by atoms with Crippen LogP contribution in [0.3, 0.4) is 0 Å². The van der Waals surface area contributed by atoms with Gasteiger partial charge in [-0.3, -0.25) is 4.90 Å². The highest BCUT2D eigenvalue weighted by Crippen LogP contribution is 2.19. The minimum Gasteiger partial charge on any atom is -0.490 e. The normalized spacial score (nSPS) is 16.1. The fourth-order valence-electron chi connectivity index (χ4n) is 2.79. The van der Waals surface area contributed by atoms with E-state index in [4.69, 9.17) is 9.26 Å². The Bertz CT molecular complexity index is 565. The summed E-state index contributed by atoms with van der Waals surface area (Å²) in [4.78, 5) is 2.21. The van der Waals surface area contributed by atoms with Crippen LogP contribution in [0.5, 0.6) is 5.75 Å². The maximum Gasteiger partial charge on any atom is 0.124 e. The third kappa shape index (κ3) is 4.32. The monoisotopic (exact) mass is 301 g/mol. The predicted molar refractivity (Wildman–Crippen MR) is 84.6 cm³/mol. The Morgan fingerprint density at radius 2 is 2.14 bits per heavy atom. The van der Waals surface area contributed by atoms with E-state index in [1.165, 1.54) is 5.56 Å². The van der Waals surface area contributed by atoms with Gasteiger partial charge in [-0.15, -0.1) is 0 Å². The van der Waals surface area contributed by atoms with Gasteiger partial charge in [-0.25, -0.2) is 0 Å². The van der Waals surface area contributed by atoms with E-state index >= 15 is 0 Å². The fourth-order valence-corrected chi connectivity index (χ4v) is 2.79. The zero-order chi connectivity index (χ0) is 15.2. The molecule has 1 saturated heterocycles. The molecule has 22 heavy (non-hydrogen) atoms. The van der Waals surface area contributed by atoms with Crippen LogP contribution in [0, 0.1) is 0 Å². The Balaban J connectivity index is 1.56. The molecular weight excluding hydrogens is 278 g/mol. The summed E-state index contributed by atoms with van der Waals surface area (Å²) in [5, 5.41) is 7.30. The molecule has 3 rings (SSSR count). The van der Waals surface area contributed by atoms with Crippen molar-refractivity contribution in [2.45, 2.75) is 32.0 Å². The third-order valence-electron chi connectivity index (χ3n) is 3.86. The molecule has 1 N–H and O–H groups in total. The van der Waals surface area contributed by atoms with Crippen molar-refractivity contribution in [2.24, 2.45) is 0 Å². The summed E-state index contributed by atoms with van der Waals surface area (Å²) >= 11 is 0. The van der Waals surface area contributed by atoms with Gasteiger partial charge in [0.05, 0.1) is 5.69 Å². The molecule has 0 saturated carbocycles. The number of nitrogens with zero attached hydrogens (tertiary/aromatic N) is 2. The summed E-state index contributed by atoms with van der Waals surface area (Å²) in [6, 6.07) is 10.3. The van der Waals surface area contributed by atoms with Crippen molar-refractivity contribution in [3.8, 4) is 5.75 Å². The molecule has 5 heteroatoms. The topological polar surface area (TPSA) is 50.5 Å². The van der Waals surface area contributed by atoms with Crippen molar-refractivity contribution in [1.82, 2.24) is 15.4 Å². The van der Waals surface area contributed by atoms with Gasteiger partial charge in [0.25, 0.3) is 0 Å². The molecule has 0 radical (unpaired) electrons. The highest BCUT2D eigenvalue weighted by atomic mass is 16.5. The van der Waals surface area contributed by atoms with E-state index < -0.39 is 0 Å². The number of benzene rings is 1. The highest BCUT2D eigenvalue weighted by molar-refractivity contribution is 5.28. The van der Waals surface area contributed by atoms with Crippen molar-refractivity contribution >= 4 is 0 Å². The van der Waals surface area contributed by atoms with Crippen LogP contribution in [0.2, 0.25) is 0 Å². The van der Waals surface area contributed by atoms with Crippen molar-refractivity contribution in [3.63, 3.8) is 0 Å².